The minimum absolute atomic E-state index is 0.0530. The van der Waals surface area contributed by atoms with Crippen molar-refractivity contribution in [2.45, 2.75) is 13.5 Å². The van der Waals surface area contributed by atoms with Gasteiger partial charge in [0, 0.05) is 15.6 Å². The largest absolute Gasteiger partial charge is 0.490 e. The van der Waals surface area contributed by atoms with Crippen LogP contribution in [-0.4, -0.2) is 23.5 Å². The molecule has 4 aromatic carbocycles. The molecular formula is C32H23Cl3N2O4S. The molecule has 6 nitrogen and oxygen atoms in total. The molecule has 0 saturated carbocycles. The van der Waals surface area contributed by atoms with Gasteiger partial charge < -0.3 is 9.47 Å². The summed E-state index contributed by atoms with van der Waals surface area (Å²) in [5, 5.41) is 1.25. The van der Waals surface area contributed by atoms with E-state index in [-0.39, 0.29) is 22.3 Å². The Balaban J connectivity index is 1.55. The van der Waals surface area contributed by atoms with Crippen LogP contribution in [-0.2, 0) is 16.2 Å². The van der Waals surface area contributed by atoms with Crippen LogP contribution in [0.3, 0.4) is 0 Å². The van der Waals surface area contributed by atoms with E-state index in [9.17, 15) is 9.59 Å². The number of anilines is 2. The van der Waals surface area contributed by atoms with Gasteiger partial charge in [-0.25, -0.2) is 0 Å². The van der Waals surface area contributed by atoms with E-state index in [1.807, 2.05) is 19.1 Å². The Morgan fingerprint density at radius 2 is 1.36 bits per heavy atom. The fourth-order valence-electron chi connectivity index (χ4n) is 4.37. The SMILES string of the molecule is CCOc1cc(C=C2C(=O)N(c3ccccc3)C(=S)N(c3ccccc3)C2=O)cc(Cl)c1OCc1ccc(Cl)cc1Cl. The van der Waals surface area contributed by atoms with Gasteiger partial charge in [0.2, 0.25) is 0 Å². The molecule has 0 spiro atoms. The highest BCUT2D eigenvalue weighted by Crippen LogP contribution is 2.39. The van der Waals surface area contributed by atoms with Crippen LogP contribution in [0.5, 0.6) is 11.5 Å². The van der Waals surface area contributed by atoms with Gasteiger partial charge in [0.1, 0.15) is 12.2 Å². The first kappa shape index (κ1) is 29.6. The zero-order chi connectivity index (χ0) is 29.8. The number of thiocarbonyl (C=S) groups is 1. The van der Waals surface area contributed by atoms with E-state index in [0.717, 1.165) is 0 Å². The third-order valence-electron chi connectivity index (χ3n) is 6.31. The maximum absolute atomic E-state index is 13.8. The first-order valence-electron chi connectivity index (χ1n) is 12.9. The molecule has 1 fully saturated rings. The molecule has 0 atom stereocenters. The number of halogens is 3. The zero-order valence-corrected chi connectivity index (χ0v) is 25.3. The van der Waals surface area contributed by atoms with Crippen molar-refractivity contribution >= 4 is 81.4 Å². The molecule has 0 N–H and O–H groups in total. The third kappa shape index (κ3) is 6.15. The van der Waals surface area contributed by atoms with Crippen LogP contribution >= 0.6 is 47.0 Å². The molecule has 5 rings (SSSR count). The van der Waals surface area contributed by atoms with Crippen LogP contribution in [0.15, 0.2) is 96.6 Å². The van der Waals surface area contributed by atoms with Gasteiger partial charge in [-0.3, -0.25) is 19.4 Å². The summed E-state index contributed by atoms with van der Waals surface area (Å²) in [5.74, 6) is -0.482. The fourth-order valence-corrected chi connectivity index (χ4v) is 5.48. The molecule has 212 valence electrons. The number of rotatable bonds is 8. The van der Waals surface area contributed by atoms with Crippen molar-refractivity contribution in [3.63, 3.8) is 0 Å². The van der Waals surface area contributed by atoms with E-state index in [1.165, 1.54) is 15.9 Å². The summed E-state index contributed by atoms with van der Waals surface area (Å²) >= 11 is 24.6. The van der Waals surface area contributed by atoms with Crippen molar-refractivity contribution in [2.75, 3.05) is 16.4 Å². The number of para-hydroxylation sites is 2. The summed E-state index contributed by atoms with van der Waals surface area (Å²) in [6, 6.07) is 26.2. The molecule has 0 aliphatic carbocycles. The third-order valence-corrected chi connectivity index (χ3v) is 7.54. The predicted molar refractivity (Wildman–Crippen MR) is 172 cm³/mol. The normalized spacial score (nSPS) is 13.4. The Hall–Kier alpha value is -3.88. The van der Waals surface area contributed by atoms with Crippen molar-refractivity contribution in [3.8, 4) is 11.5 Å². The van der Waals surface area contributed by atoms with Crippen molar-refractivity contribution in [1.82, 2.24) is 0 Å². The van der Waals surface area contributed by atoms with E-state index in [1.54, 1.807) is 78.9 Å². The summed E-state index contributed by atoms with van der Waals surface area (Å²) in [6.45, 7) is 2.26. The fraction of sp³-hybridized carbons (Fsp3) is 0.0938. The van der Waals surface area contributed by atoms with Crippen molar-refractivity contribution in [3.05, 3.63) is 123 Å². The Kier molecular flexibility index (Phi) is 9.14. The number of amides is 2. The van der Waals surface area contributed by atoms with E-state index in [2.05, 4.69) is 0 Å². The maximum atomic E-state index is 13.8. The van der Waals surface area contributed by atoms with E-state index >= 15 is 0 Å². The zero-order valence-electron chi connectivity index (χ0n) is 22.2. The summed E-state index contributed by atoms with van der Waals surface area (Å²) in [7, 11) is 0. The number of hydrogen-bond acceptors (Lipinski definition) is 5. The maximum Gasteiger partial charge on any atom is 0.270 e. The Morgan fingerprint density at radius 3 is 1.90 bits per heavy atom. The highest BCUT2D eigenvalue weighted by molar-refractivity contribution is 7.81. The highest BCUT2D eigenvalue weighted by Gasteiger charge is 2.41. The predicted octanol–water partition coefficient (Wildman–Crippen LogP) is 8.37. The number of ether oxygens (including phenoxy) is 2. The van der Waals surface area contributed by atoms with Gasteiger partial charge in [-0.15, -0.1) is 0 Å². The number of hydrogen-bond donors (Lipinski definition) is 0. The summed E-state index contributed by atoms with van der Waals surface area (Å²) < 4.78 is 11.8. The van der Waals surface area contributed by atoms with Crippen LogP contribution in [0.4, 0.5) is 11.4 Å². The standard InChI is InChI=1S/C32H23Cl3N2O4S/c1-2-40-28-17-20(16-27(35)29(28)41-19-21-13-14-22(33)18-26(21)34)15-25-30(38)36(23-9-5-3-6-10-23)32(42)37(31(25)39)24-11-7-4-8-12-24/h3-18H,2,19H2,1H3. The molecule has 10 heteroatoms. The molecule has 0 unspecified atom stereocenters. The van der Waals surface area contributed by atoms with Crippen molar-refractivity contribution in [2.24, 2.45) is 0 Å². The van der Waals surface area contributed by atoms with Gasteiger partial charge in [-0.05, 0) is 79.3 Å². The van der Waals surface area contributed by atoms with E-state index < -0.39 is 11.8 Å². The second-order valence-electron chi connectivity index (χ2n) is 9.08. The molecule has 0 bridgehead atoms. The summed E-state index contributed by atoms with van der Waals surface area (Å²) in [5.41, 5.74) is 2.14. The van der Waals surface area contributed by atoms with Crippen LogP contribution in [0.2, 0.25) is 15.1 Å². The Labute approximate surface area is 263 Å². The monoisotopic (exact) mass is 636 g/mol. The highest BCUT2D eigenvalue weighted by atomic mass is 35.5. The first-order valence-corrected chi connectivity index (χ1v) is 14.4. The lowest BCUT2D eigenvalue weighted by atomic mass is 10.0. The van der Waals surface area contributed by atoms with Gasteiger partial charge in [0.05, 0.1) is 23.0 Å². The van der Waals surface area contributed by atoms with Crippen molar-refractivity contribution < 1.29 is 19.1 Å². The molecule has 42 heavy (non-hydrogen) atoms. The number of carbonyl (C=O) groups excluding carboxylic acids is 2. The molecule has 2 amide bonds. The minimum atomic E-state index is -0.560. The van der Waals surface area contributed by atoms with Gasteiger partial charge in [0.15, 0.2) is 16.6 Å². The van der Waals surface area contributed by atoms with Crippen LogP contribution < -0.4 is 19.3 Å². The summed E-state index contributed by atoms with van der Waals surface area (Å²) in [4.78, 5) is 30.3. The van der Waals surface area contributed by atoms with Gasteiger partial charge in [-0.2, -0.15) is 0 Å². The van der Waals surface area contributed by atoms with Crippen LogP contribution in [0.25, 0.3) is 6.08 Å². The second-order valence-corrected chi connectivity index (χ2v) is 10.7. The second kappa shape index (κ2) is 13.0. The quantitative estimate of drug-likeness (QED) is 0.110. The first-order chi connectivity index (χ1) is 20.3. The van der Waals surface area contributed by atoms with Crippen LogP contribution in [0.1, 0.15) is 18.1 Å². The molecule has 4 aromatic rings. The average molecular weight is 638 g/mol. The van der Waals surface area contributed by atoms with Gasteiger partial charge in [0.25, 0.3) is 11.8 Å². The van der Waals surface area contributed by atoms with Gasteiger partial charge in [-0.1, -0.05) is 77.3 Å². The van der Waals surface area contributed by atoms with Crippen LogP contribution in [0, 0.1) is 0 Å². The van der Waals surface area contributed by atoms with Gasteiger partial charge >= 0.3 is 0 Å². The average Bonchev–Trinajstić information content (AvgIpc) is 2.97. The molecule has 1 aliphatic heterocycles. The lowest BCUT2D eigenvalue weighted by molar-refractivity contribution is -0.120. The molecule has 0 radical (unpaired) electrons. The molecule has 1 heterocycles. The molecule has 1 saturated heterocycles. The molecule has 1 aliphatic rings. The topological polar surface area (TPSA) is 59.1 Å². The van der Waals surface area contributed by atoms with E-state index in [0.29, 0.717) is 50.7 Å². The number of nitrogens with zero attached hydrogens (tertiary/aromatic N) is 2. The molecular weight excluding hydrogens is 615 g/mol. The summed E-state index contributed by atoms with van der Waals surface area (Å²) in [6.07, 6.45) is 1.48. The lowest BCUT2D eigenvalue weighted by Crippen LogP contribution is -2.56. The van der Waals surface area contributed by atoms with Crippen molar-refractivity contribution in [1.29, 1.82) is 0 Å². The smallest absolute Gasteiger partial charge is 0.270 e. The Bertz CT molecular complexity index is 1630. The minimum Gasteiger partial charge on any atom is -0.490 e. The number of benzene rings is 4. The number of carbonyl (C=O) groups is 2. The molecule has 0 aromatic heterocycles. The Morgan fingerprint density at radius 1 is 0.762 bits per heavy atom. The van der Waals surface area contributed by atoms with E-state index in [4.69, 9.17) is 56.5 Å². The lowest BCUT2D eigenvalue weighted by Gasteiger charge is -2.36.